The summed E-state index contributed by atoms with van der Waals surface area (Å²) in [4.78, 5) is 2.37. The number of rotatable bonds is 7. The van der Waals surface area contributed by atoms with Crippen LogP contribution in [0, 0.1) is 0 Å². The molecule has 10 aromatic carbocycles. The minimum Gasteiger partial charge on any atom is -0.455 e. The van der Waals surface area contributed by atoms with E-state index >= 15 is 0 Å². The van der Waals surface area contributed by atoms with Gasteiger partial charge in [-0.05, 0) is 91.3 Å². The van der Waals surface area contributed by atoms with Crippen LogP contribution in [0.1, 0.15) is 0 Å². The molecule has 0 saturated carbocycles. The van der Waals surface area contributed by atoms with E-state index < -0.39 is 0 Å². The summed E-state index contributed by atoms with van der Waals surface area (Å²) in [7, 11) is 0. The van der Waals surface area contributed by atoms with Crippen molar-refractivity contribution in [1.82, 2.24) is 0 Å². The lowest BCUT2D eigenvalue weighted by Gasteiger charge is -2.28. The van der Waals surface area contributed by atoms with Crippen LogP contribution in [-0.2, 0) is 0 Å². The molecular weight excluding hydrogens is 703 g/mol. The Bertz CT molecular complexity index is 3250. The maximum absolute atomic E-state index is 6.59. The van der Waals surface area contributed by atoms with E-state index in [1.165, 1.54) is 54.9 Å². The Morgan fingerprint density at radius 2 is 0.793 bits per heavy atom. The molecule has 0 radical (unpaired) electrons. The minimum absolute atomic E-state index is 0.892. The normalized spacial score (nSPS) is 11.4. The smallest absolute Gasteiger partial charge is 0.143 e. The van der Waals surface area contributed by atoms with Crippen LogP contribution in [0.15, 0.2) is 229 Å². The van der Waals surface area contributed by atoms with Gasteiger partial charge in [-0.15, -0.1) is 0 Å². The summed E-state index contributed by atoms with van der Waals surface area (Å²) in [6.07, 6.45) is 0. The van der Waals surface area contributed by atoms with Crippen LogP contribution in [0.5, 0.6) is 0 Å². The first-order chi connectivity index (χ1) is 28.8. The van der Waals surface area contributed by atoms with E-state index in [9.17, 15) is 0 Å². The SMILES string of the molecule is c1ccc(-c2ccc(-c3ccc(N(c4ccc(-c5cccc6c5ccc5ccccc56)cc4)c4ccccc4-c4cccc5c4oc4ccccc45)cc3)cc2)cc1. The third kappa shape index (κ3) is 5.82. The Morgan fingerprint density at radius 3 is 1.53 bits per heavy atom. The summed E-state index contributed by atoms with van der Waals surface area (Å²) < 4.78 is 6.59. The molecule has 1 aromatic heterocycles. The van der Waals surface area contributed by atoms with Crippen molar-refractivity contribution in [3.8, 4) is 44.5 Å². The van der Waals surface area contributed by atoms with E-state index in [-0.39, 0.29) is 0 Å². The van der Waals surface area contributed by atoms with Gasteiger partial charge in [0.2, 0.25) is 0 Å². The highest BCUT2D eigenvalue weighted by atomic mass is 16.3. The highest BCUT2D eigenvalue weighted by Crippen LogP contribution is 2.45. The summed E-state index contributed by atoms with van der Waals surface area (Å²) >= 11 is 0. The lowest BCUT2D eigenvalue weighted by molar-refractivity contribution is 0.670. The van der Waals surface area contributed by atoms with E-state index in [0.717, 1.165) is 50.1 Å². The predicted octanol–water partition coefficient (Wildman–Crippen LogP) is 16.0. The summed E-state index contributed by atoms with van der Waals surface area (Å²) in [6, 6.07) is 80.6. The fourth-order valence-corrected chi connectivity index (χ4v) is 8.65. The maximum Gasteiger partial charge on any atom is 0.143 e. The van der Waals surface area contributed by atoms with Gasteiger partial charge in [-0.2, -0.15) is 0 Å². The van der Waals surface area contributed by atoms with Crippen molar-refractivity contribution in [2.75, 3.05) is 4.90 Å². The van der Waals surface area contributed by atoms with E-state index in [1.807, 2.05) is 12.1 Å². The van der Waals surface area contributed by atoms with Gasteiger partial charge >= 0.3 is 0 Å². The monoisotopic (exact) mass is 739 g/mol. The second-order valence-electron chi connectivity index (χ2n) is 14.9. The van der Waals surface area contributed by atoms with Gasteiger partial charge in [-0.25, -0.2) is 0 Å². The van der Waals surface area contributed by atoms with Crippen LogP contribution >= 0.6 is 0 Å². The first-order valence-corrected chi connectivity index (χ1v) is 19.8. The highest BCUT2D eigenvalue weighted by molar-refractivity contribution is 6.13. The maximum atomic E-state index is 6.59. The Kier molecular flexibility index (Phi) is 8.19. The molecule has 0 aliphatic heterocycles. The largest absolute Gasteiger partial charge is 0.455 e. The molecule has 11 rings (SSSR count). The number of hydrogen-bond donors (Lipinski definition) is 0. The van der Waals surface area contributed by atoms with Crippen molar-refractivity contribution in [3.63, 3.8) is 0 Å². The molecule has 0 aliphatic rings. The van der Waals surface area contributed by atoms with Crippen molar-refractivity contribution >= 4 is 60.5 Å². The standard InChI is InChI=1S/C56H37NO/c1-2-12-38(13-3-1)39-24-26-40(27-25-39)41-28-33-44(34-29-41)57(54-22-8-6-16-50(54)52-20-11-21-53-51-17-7-9-23-55(51)58-56(52)53)45-35-30-43(31-36-45)47-18-10-19-48-46-15-5-4-14-42(46)32-37-49(47)48/h1-37H. The Labute approximate surface area is 337 Å². The van der Waals surface area contributed by atoms with Crippen LogP contribution < -0.4 is 4.90 Å². The first-order valence-electron chi connectivity index (χ1n) is 19.8. The summed E-state index contributed by atoms with van der Waals surface area (Å²) in [6.45, 7) is 0. The summed E-state index contributed by atoms with van der Waals surface area (Å²) in [5.74, 6) is 0. The molecule has 0 bridgehead atoms. The van der Waals surface area contributed by atoms with Crippen LogP contribution in [0.2, 0.25) is 0 Å². The average molecular weight is 740 g/mol. The van der Waals surface area contributed by atoms with Gasteiger partial charge in [0.05, 0.1) is 5.69 Å². The number of para-hydroxylation sites is 3. The van der Waals surface area contributed by atoms with Gasteiger partial charge < -0.3 is 9.32 Å². The molecular formula is C56H37NO. The molecule has 1 heterocycles. The first kappa shape index (κ1) is 33.6. The topological polar surface area (TPSA) is 16.4 Å². The van der Waals surface area contributed by atoms with Crippen molar-refractivity contribution < 1.29 is 4.42 Å². The van der Waals surface area contributed by atoms with Crippen LogP contribution in [0.3, 0.4) is 0 Å². The molecule has 58 heavy (non-hydrogen) atoms. The number of benzene rings is 10. The quantitative estimate of drug-likeness (QED) is 0.151. The molecule has 0 fully saturated rings. The molecule has 0 amide bonds. The zero-order valence-corrected chi connectivity index (χ0v) is 31.7. The van der Waals surface area contributed by atoms with Crippen molar-refractivity contribution in [2.45, 2.75) is 0 Å². The highest BCUT2D eigenvalue weighted by Gasteiger charge is 2.21. The molecule has 0 saturated heterocycles. The van der Waals surface area contributed by atoms with E-state index in [2.05, 4.69) is 217 Å². The van der Waals surface area contributed by atoms with Crippen LogP contribution in [0.25, 0.3) is 88.0 Å². The molecule has 0 atom stereocenters. The van der Waals surface area contributed by atoms with Gasteiger partial charge in [0, 0.05) is 33.3 Å². The predicted molar refractivity (Wildman–Crippen MR) is 245 cm³/mol. The molecule has 11 aromatic rings. The number of hydrogen-bond acceptors (Lipinski definition) is 2. The number of nitrogens with zero attached hydrogens (tertiary/aromatic N) is 1. The van der Waals surface area contributed by atoms with Crippen molar-refractivity contribution in [1.29, 1.82) is 0 Å². The molecule has 0 spiro atoms. The van der Waals surface area contributed by atoms with E-state index in [1.54, 1.807) is 0 Å². The average Bonchev–Trinajstić information content (AvgIpc) is 3.69. The molecule has 0 N–H and O–H groups in total. The number of furan rings is 1. The Balaban J connectivity index is 1.03. The Hall–Kier alpha value is -7.68. The van der Waals surface area contributed by atoms with E-state index in [0.29, 0.717) is 0 Å². The summed E-state index contributed by atoms with van der Waals surface area (Å²) in [5, 5.41) is 7.29. The van der Waals surface area contributed by atoms with Gasteiger partial charge in [0.1, 0.15) is 11.2 Å². The second kappa shape index (κ2) is 14.1. The van der Waals surface area contributed by atoms with Crippen molar-refractivity contribution in [2.24, 2.45) is 0 Å². The number of fused-ring (bicyclic) bond motifs is 6. The Morgan fingerprint density at radius 1 is 0.276 bits per heavy atom. The minimum atomic E-state index is 0.892. The van der Waals surface area contributed by atoms with Crippen LogP contribution in [0.4, 0.5) is 17.1 Å². The van der Waals surface area contributed by atoms with Gasteiger partial charge in [-0.3, -0.25) is 0 Å². The summed E-state index contributed by atoms with van der Waals surface area (Å²) in [5.41, 5.74) is 14.3. The lowest BCUT2D eigenvalue weighted by atomic mass is 9.94. The van der Waals surface area contributed by atoms with Gasteiger partial charge in [0.25, 0.3) is 0 Å². The fraction of sp³-hybridized carbons (Fsp3) is 0. The third-order valence-corrected chi connectivity index (χ3v) is 11.5. The lowest BCUT2D eigenvalue weighted by Crippen LogP contribution is -2.11. The van der Waals surface area contributed by atoms with Gasteiger partial charge in [0.15, 0.2) is 0 Å². The third-order valence-electron chi connectivity index (χ3n) is 11.5. The molecule has 2 nitrogen and oxygen atoms in total. The van der Waals surface area contributed by atoms with Gasteiger partial charge in [-0.1, -0.05) is 188 Å². The number of anilines is 3. The zero-order valence-electron chi connectivity index (χ0n) is 31.7. The van der Waals surface area contributed by atoms with Crippen LogP contribution in [-0.4, -0.2) is 0 Å². The molecule has 0 unspecified atom stereocenters. The second-order valence-corrected chi connectivity index (χ2v) is 14.9. The zero-order chi connectivity index (χ0) is 38.4. The van der Waals surface area contributed by atoms with E-state index in [4.69, 9.17) is 4.42 Å². The molecule has 2 heteroatoms. The van der Waals surface area contributed by atoms with Crippen molar-refractivity contribution in [3.05, 3.63) is 224 Å². The molecule has 0 aliphatic carbocycles. The molecule has 272 valence electrons. The fourth-order valence-electron chi connectivity index (χ4n) is 8.65.